The van der Waals surface area contributed by atoms with Crippen LogP contribution in [0.15, 0.2) is 53.6 Å². The molecule has 2 aromatic rings. The first-order valence-corrected chi connectivity index (χ1v) is 8.16. The third kappa shape index (κ3) is 4.70. The molecule has 0 aliphatic carbocycles. The number of nitrogens with zero attached hydrogens (tertiary/aromatic N) is 1. The second-order valence-corrected chi connectivity index (χ2v) is 6.56. The number of hydrogen-bond acceptors (Lipinski definition) is 4. The van der Waals surface area contributed by atoms with Gasteiger partial charge in [-0.2, -0.15) is 0 Å². The van der Waals surface area contributed by atoms with E-state index in [1.807, 2.05) is 30.3 Å². The molecule has 2 rings (SSSR count). The van der Waals surface area contributed by atoms with Crippen LogP contribution in [0.3, 0.4) is 0 Å². The van der Waals surface area contributed by atoms with Gasteiger partial charge in [0.1, 0.15) is 21.9 Å². The van der Waals surface area contributed by atoms with E-state index < -0.39 is 10.0 Å². The van der Waals surface area contributed by atoms with Crippen molar-refractivity contribution in [1.29, 1.82) is 0 Å². The highest BCUT2D eigenvalue weighted by atomic mass is 35.5. The maximum atomic E-state index is 12.1. The Bertz CT molecular complexity index is 675. The molecule has 0 radical (unpaired) electrons. The summed E-state index contributed by atoms with van der Waals surface area (Å²) >= 11 is 5.63. The Balaban J connectivity index is 1.94. The molecule has 112 valence electrons. The molecule has 21 heavy (non-hydrogen) atoms. The number of hydrogen-bond donors (Lipinski definition) is 1. The Morgan fingerprint density at radius 2 is 1.95 bits per heavy atom. The van der Waals surface area contributed by atoms with E-state index in [-0.39, 0.29) is 22.7 Å². The maximum absolute atomic E-state index is 12.1. The van der Waals surface area contributed by atoms with Crippen molar-refractivity contribution in [2.45, 2.75) is 17.9 Å². The minimum absolute atomic E-state index is 0.0683. The molecule has 0 aliphatic heterocycles. The van der Waals surface area contributed by atoms with E-state index >= 15 is 0 Å². The Kier molecular flexibility index (Phi) is 5.17. The zero-order valence-electron chi connectivity index (χ0n) is 11.4. The van der Waals surface area contributed by atoms with E-state index in [4.69, 9.17) is 16.3 Å². The molecule has 0 saturated carbocycles. The molecule has 0 spiro atoms. The summed E-state index contributed by atoms with van der Waals surface area (Å²) in [4.78, 5) is 3.82. The van der Waals surface area contributed by atoms with Gasteiger partial charge in [-0.25, -0.2) is 18.1 Å². The molecule has 1 aromatic carbocycles. The van der Waals surface area contributed by atoms with Gasteiger partial charge in [0.25, 0.3) is 0 Å². The molecular weight excluding hydrogens is 312 g/mol. The van der Waals surface area contributed by atoms with Crippen LogP contribution in [0.2, 0.25) is 5.15 Å². The van der Waals surface area contributed by atoms with E-state index in [1.54, 1.807) is 6.92 Å². The van der Waals surface area contributed by atoms with Crippen molar-refractivity contribution in [2.75, 3.05) is 6.54 Å². The number of benzene rings is 1. The zero-order valence-corrected chi connectivity index (χ0v) is 12.9. The largest absolute Gasteiger partial charge is 0.489 e. The summed E-state index contributed by atoms with van der Waals surface area (Å²) in [6, 6.07) is 12.0. The van der Waals surface area contributed by atoms with Crippen LogP contribution in [0, 0.1) is 0 Å². The van der Waals surface area contributed by atoms with Crippen LogP contribution < -0.4 is 9.46 Å². The summed E-state index contributed by atoms with van der Waals surface area (Å²) < 4.78 is 32.2. The van der Waals surface area contributed by atoms with Crippen molar-refractivity contribution in [3.8, 4) is 5.75 Å². The van der Waals surface area contributed by atoms with E-state index in [1.165, 1.54) is 18.3 Å². The molecule has 0 amide bonds. The molecule has 0 saturated heterocycles. The molecule has 7 heteroatoms. The molecule has 0 aliphatic rings. The van der Waals surface area contributed by atoms with Crippen LogP contribution in [0.4, 0.5) is 0 Å². The Morgan fingerprint density at radius 3 is 2.57 bits per heavy atom. The lowest BCUT2D eigenvalue weighted by molar-refractivity contribution is 0.225. The predicted octanol–water partition coefficient (Wildman–Crippen LogP) is 2.48. The lowest BCUT2D eigenvalue weighted by Gasteiger charge is -2.15. The van der Waals surface area contributed by atoms with Gasteiger partial charge in [-0.15, -0.1) is 0 Å². The van der Waals surface area contributed by atoms with Crippen molar-refractivity contribution in [1.82, 2.24) is 9.71 Å². The summed E-state index contributed by atoms with van der Waals surface area (Å²) in [5.41, 5.74) is 0. The molecule has 1 atom stereocenters. The quantitative estimate of drug-likeness (QED) is 0.828. The number of nitrogens with one attached hydrogen (secondary N) is 1. The Morgan fingerprint density at radius 1 is 1.24 bits per heavy atom. The van der Waals surface area contributed by atoms with E-state index in [9.17, 15) is 8.42 Å². The molecule has 0 bridgehead atoms. The Labute approximate surface area is 129 Å². The van der Waals surface area contributed by atoms with E-state index in [2.05, 4.69) is 9.71 Å². The first-order valence-electron chi connectivity index (χ1n) is 6.30. The molecule has 1 heterocycles. The fraction of sp³-hybridized carbons (Fsp3) is 0.214. The highest BCUT2D eigenvalue weighted by Gasteiger charge is 2.16. The standard InChI is InChI=1S/C14H15ClN2O3S/c1-11(20-12-5-3-2-4-6-12)9-17-21(18,19)13-7-8-14(15)16-10-13/h2-8,10-11,17H,9H2,1H3. The third-order valence-corrected chi connectivity index (χ3v) is 4.28. The van der Waals surface area contributed by atoms with Crippen molar-refractivity contribution >= 4 is 21.6 Å². The van der Waals surface area contributed by atoms with Crippen LogP contribution in [0.25, 0.3) is 0 Å². The number of ether oxygens (including phenoxy) is 1. The smallest absolute Gasteiger partial charge is 0.242 e. The van der Waals surface area contributed by atoms with Gasteiger partial charge in [0.15, 0.2) is 0 Å². The van der Waals surface area contributed by atoms with Crippen molar-refractivity contribution in [3.05, 3.63) is 53.8 Å². The normalized spacial score (nSPS) is 12.9. The minimum Gasteiger partial charge on any atom is -0.489 e. The first-order chi connectivity index (χ1) is 9.97. The zero-order chi connectivity index (χ0) is 15.3. The van der Waals surface area contributed by atoms with Crippen molar-refractivity contribution in [2.24, 2.45) is 0 Å². The van der Waals surface area contributed by atoms with Crippen LogP contribution in [0.5, 0.6) is 5.75 Å². The molecule has 0 fully saturated rings. The monoisotopic (exact) mass is 326 g/mol. The highest BCUT2D eigenvalue weighted by molar-refractivity contribution is 7.89. The second-order valence-electron chi connectivity index (χ2n) is 4.41. The molecule has 1 unspecified atom stereocenters. The summed E-state index contributed by atoms with van der Waals surface area (Å²) in [6.07, 6.45) is 0.912. The molecule has 1 aromatic heterocycles. The molecular formula is C14H15ClN2O3S. The third-order valence-electron chi connectivity index (χ3n) is 2.65. The van der Waals surface area contributed by atoms with Gasteiger partial charge in [0.05, 0.1) is 0 Å². The summed E-state index contributed by atoms with van der Waals surface area (Å²) in [5, 5.41) is 0.245. The van der Waals surface area contributed by atoms with Gasteiger partial charge in [-0.1, -0.05) is 29.8 Å². The summed E-state index contributed by atoms with van der Waals surface area (Å²) in [7, 11) is -3.62. The van der Waals surface area contributed by atoms with Gasteiger partial charge in [-0.05, 0) is 31.2 Å². The molecule has 1 N–H and O–H groups in total. The summed E-state index contributed by atoms with van der Waals surface area (Å²) in [6.45, 7) is 1.94. The fourth-order valence-electron chi connectivity index (χ4n) is 1.60. The van der Waals surface area contributed by atoms with Gasteiger partial charge in [0, 0.05) is 12.7 Å². The molecule has 5 nitrogen and oxygen atoms in total. The second kappa shape index (κ2) is 6.89. The minimum atomic E-state index is -3.62. The Hall–Kier alpha value is -1.63. The topological polar surface area (TPSA) is 68.3 Å². The van der Waals surface area contributed by atoms with Gasteiger partial charge >= 0.3 is 0 Å². The van der Waals surface area contributed by atoms with Crippen LogP contribution in [-0.4, -0.2) is 26.1 Å². The lowest BCUT2D eigenvalue weighted by Crippen LogP contribution is -2.33. The van der Waals surface area contributed by atoms with Gasteiger partial charge in [-0.3, -0.25) is 0 Å². The number of halogens is 1. The SMILES string of the molecule is CC(CNS(=O)(=O)c1ccc(Cl)nc1)Oc1ccccc1. The fourth-order valence-corrected chi connectivity index (χ4v) is 2.78. The first kappa shape index (κ1) is 15.8. The average Bonchev–Trinajstić information content (AvgIpc) is 2.47. The summed E-state index contributed by atoms with van der Waals surface area (Å²) in [5.74, 6) is 0.692. The van der Waals surface area contributed by atoms with E-state index in [0.29, 0.717) is 5.75 Å². The predicted molar refractivity (Wildman–Crippen MR) is 81.0 cm³/mol. The van der Waals surface area contributed by atoms with Crippen LogP contribution in [-0.2, 0) is 10.0 Å². The van der Waals surface area contributed by atoms with Crippen LogP contribution in [0.1, 0.15) is 6.92 Å². The van der Waals surface area contributed by atoms with E-state index in [0.717, 1.165) is 0 Å². The van der Waals surface area contributed by atoms with Gasteiger partial charge < -0.3 is 4.74 Å². The number of rotatable bonds is 6. The number of aromatic nitrogens is 1. The number of para-hydroxylation sites is 1. The lowest BCUT2D eigenvalue weighted by atomic mass is 10.3. The van der Waals surface area contributed by atoms with Crippen molar-refractivity contribution < 1.29 is 13.2 Å². The number of sulfonamides is 1. The maximum Gasteiger partial charge on any atom is 0.242 e. The van der Waals surface area contributed by atoms with Crippen molar-refractivity contribution in [3.63, 3.8) is 0 Å². The average molecular weight is 327 g/mol. The van der Waals surface area contributed by atoms with Gasteiger partial charge in [0.2, 0.25) is 10.0 Å². The highest BCUT2D eigenvalue weighted by Crippen LogP contribution is 2.12. The number of pyridine rings is 1. The van der Waals surface area contributed by atoms with Crippen LogP contribution >= 0.6 is 11.6 Å².